The van der Waals surface area contributed by atoms with Crippen molar-refractivity contribution in [3.8, 4) is 0 Å². The van der Waals surface area contributed by atoms with E-state index in [1.54, 1.807) is 7.11 Å². The average molecular weight is 460 g/mol. The number of carbonyl (C=O) groups is 1. The number of allylic oxidation sites excluding steroid dienone is 1. The summed E-state index contributed by atoms with van der Waals surface area (Å²) in [6, 6.07) is 0.628. The minimum Gasteiger partial charge on any atom is -0.369 e. The highest BCUT2D eigenvalue weighted by Gasteiger charge is 2.37. The Balaban J connectivity index is 0.000000386. The first-order valence-corrected chi connectivity index (χ1v) is 13.6. The van der Waals surface area contributed by atoms with Gasteiger partial charge in [-0.05, 0) is 45.4 Å². The number of hydrogen-bond donors (Lipinski definition) is 2. The Kier molecular flexibility index (Phi) is 10.6. The Labute approximate surface area is 188 Å². The summed E-state index contributed by atoms with van der Waals surface area (Å²) in [4.78, 5) is 14.9. The highest BCUT2D eigenvalue weighted by atomic mass is 35.7. The van der Waals surface area contributed by atoms with E-state index in [2.05, 4.69) is 34.8 Å². The van der Waals surface area contributed by atoms with Gasteiger partial charge in [0.05, 0.1) is 11.4 Å². The van der Waals surface area contributed by atoms with Crippen LogP contribution in [0.25, 0.3) is 0 Å². The van der Waals surface area contributed by atoms with Crippen molar-refractivity contribution >= 4 is 30.0 Å². The van der Waals surface area contributed by atoms with Crippen molar-refractivity contribution in [1.82, 2.24) is 15.1 Å². The summed E-state index contributed by atoms with van der Waals surface area (Å²) in [5, 5.41) is 2.49. The predicted molar refractivity (Wildman–Crippen MR) is 129 cm³/mol. The van der Waals surface area contributed by atoms with Crippen molar-refractivity contribution < 1.29 is 9.53 Å². The van der Waals surface area contributed by atoms with E-state index in [4.69, 9.17) is 21.7 Å². The van der Waals surface area contributed by atoms with E-state index in [9.17, 15) is 4.79 Å². The molecule has 3 fully saturated rings. The summed E-state index contributed by atoms with van der Waals surface area (Å²) < 4.78 is 5.27. The van der Waals surface area contributed by atoms with Gasteiger partial charge < -0.3 is 20.7 Å². The molecule has 1 aliphatic heterocycles. The maximum Gasteiger partial charge on any atom is 0.269 e. The molecule has 0 radical (unpaired) electrons. The van der Waals surface area contributed by atoms with E-state index in [0.717, 1.165) is 37.3 Å². The Bertz CT molecular complexity index is 618. The third kappa shape index (κ3) is 8.47. The van der Waals surface area contributed by atoms with E-state index < -0.39 is 6.90 Å². The van der Waals surface area contributed by atoms with Crippen molar-refractivity contribution in [3.63, 3.8) is 0 Å². The number of rotatable bonds is 7. The van der Waals surface area contributed by atoms with Crippen LogP contribution >= 0.6 is 18.1 Å². The molecule has 0 aromatic heterocycles. The van der Waals surface area contributed by atoms with Crippen molar-refractivity contribution in [2.75, 3.05) is 33.3 Å². The molecule has 6 nitrogen and oxygen atoms in total. The summed E-state index contributed by atoms with van der Waals surface area (Å²) in [7, 11) is 1.70. The van der Waals surface area contributed by atoms with Gasteiger partial charge in [0.15, 0.2) is 17.1 Å². The van der Waals surface area contributed by atoms with Gasteiger partial charge in [-0.2, -0.15) is 0 Å². The van der Waals surface area contributed by atoms with Crippen LogP contribution in [0.3, 0.4) is 0 Å². The van der Waals surface area contributed by atoms with Crippen LogP contribution in [0.2, 0.25) is 0 Å². The van der Waals surface area contributed by atoms with Crippen LogP contribution in [0.4, 0.5) is 0 Å². The zero-order valence-electron chi connectivity index (χ0n) is 19.2. The number of piperazine rings is 1. The molecule has 3 aliphatic rings. The maximum atomic E-state index is 9.67. The zero-order valence-corrected chi connectivity index (χ0v) is 20.9. The molecular formula is C22H41ClN4O2P+. The second-order valence-electron chi connectivity index (χ2n) is 9.02. The van der Waals surface area contributed by atoms with Gasteiger partial charge in [0, 0.05) is 46.3 Å². The van der Waals surface area contributed by atoms with Gasteiger partial charge in [0.1, 0.15) is 0 Å². The molecule has 1 heterocycles. The van der Waals surface area contributed by atoms with Crippen LogP contribution < -0.4 is 11.1 Å². The molecule has 1 amide bonds. The molecule has 30 heavy (non-hydrogen) atoms. The van der Waals surface area contributed by atoms with Gasteiger partial charge in [-0.15, -0.1) is 0 Å². The lowest BCUT2D eigenvalue weighted by Gasteiger charge is -2.42. The molecule has 0 aromatic rings. The summed E-state index contributed by atoms with van der Waals surface area (Å²) in [5.74, 6) is 3.11. The lowest BCUT2D eigenvalue weighted by molar-refractivity contribution is -0.110. The predicted octanol–water partition coefficient (Wildman–Crippen LogP) is 4.05. The highest BCUT2D eigenvalue weighted by Crippen LogP contribution is 2.35. The summed E-state index contributed by atoms with van der Waals surface area (Å²) in [6.07, 6.45) is 9.70. The Morgan fingerprint density at radius 2 is 1.93 bits per heavy atom. The number of amides is 1. The van der Waals surface area contributed by atoms with E-state index >= 15 is 0 Å². The normalized spacial score (nSPS) is 25.7. The number of halogens is 1. The first-order chi connectivity index (χ1) is 14.3. The van der Waals surface area contributed by atoms with E-state index in [1.165, 1.54) is 50.9 Å². The largest absolute Gasteiger partial charge is 0.369 e. The number of ether oxygens (including phenoxy) is 1. The first kappa shape index (κ1) is 25.6. The summed E-state index contributed by atoms with van der Waals surface area (Å²) in [6.45, 7) is 10.4. The topological polar surface area (TPSA) is 70.8 Å². The molecule has 0 spiro atoms. The monoisotopic (exact) mass is 459 g/mol. The van der Waals surface area contributed by atoms with Crippen molar-refractivity contribution in [3.05, 3.63) is 11.5 Å². The number of nitrogens with zero attached hydrogens (tertiary/aromatic N) is 2. The number of methoxy groups -OCH3 is 1. The van der Waals surface area contributed by atoms with E-state index in [1.807, 2.05) is 6.92 Å². The SMILES string of the molecule is CO/C(C)=[P+](Cl)/C=C(\C)N1CCN(CC2CCCCC2)[C@H](C)C1.NC1(NC=O)CC1. The minimum absolute atomic E-state index is 0.318. The van der Waals surface area contributed by atoms with Gasteiger partial charge in [0.2, 0.25) is 11.9 Å². The molecule has 172 valence electrons. The molecule has 1 saturated heterocycles. The number of hydrogen-bond acceptors (Lipinski definition) is 5. The summed E-state index contributed by atoms with van der Waals surface area (Å²) in [5.41, 5.74) is 7.32. The van der Waals surface area contributed by atoms with Crippen LogP contribution in [-0.2, 0) is 9.53 Å². The molecule has 2 saturated carbocycles. The Morgan fingerprint density at radius 1 is 1.27 bits per heavy atom. The molecule has 3 N–H and O–H groups in total. The minimum atomic E-state index is -0.796. The second kappa shape index (κ2) is 12.4. The maximum absolute atomic E-state index is 9.67. The lowest BCUT2D eigenvalue weighted by Crippen LogP contribution is -2.52. The molecule has 0 aromatic carbocycles. The fourth-order valence-electron chi connectivity index (χ4n) is 4.11. The molecular weight excluding hydrogens is 419 g/mol. The number of carbonyl (C=O) groups excluding carboxylic acids is 1. The van der Waals surface area contributed by atoms with Gasteiger partial charge in [0.25, 0.3) is 6.90 Å². The van der Waals surface area contributed by atoms with Crippen molar-refractivity contribution in [1.29, 1.82) is 0 Å². The third-order valence-corrected chi connectivity index (χ3v) is 8.90. The van der Waals surface area contributed by atoms with E-state index in [0.29, 0.717) is 12.5 Å². The summed E-state index contributed by atoms with van der Waals surface area (Å²) >= 11 is 6.43. The van der Waals surface area contributed by atoms with Crippen LogP contribution in [0, 0.1) is 5.92 Å². The zero-order chi connectivity index (χ0) is 22.1. The molecule has 2 aliphatic carbocycles. The second-order valence-corrected chi connectivity index (χ2v) is 11.6. The van der Waals surface area contributed by atoms with Gasteiger partial charge in [-0.25, -0.2) is 0 Å². The van der Waals surface area contributed by atoms with Gasteiger partial charge in [-0.3, -0.25) is 9.69 Å². The highest BCUT2D eigenvalue weighted by molar-refractivity contribution is 7.86. The van der Waals surface area contributed by atoms with Crippen LogP contribution in [-0.4, -0.2) is 66.7 Å². The first-order valence-electron chi connectivity index (χ1n) is 11.3. The van der Waals surface area contributed by atoms with E-state index in [-0.39, 0.29) is 5.66 Å². The fraction of sp³-hybridized carbons (Fsp3) is 0.818. The molecule has 3 rings (SSSR count). The van der Waals surface area contributed by atoms with Crippen molar-refractivity contribution in [2.24, 2.45) is 11.7 Å². The van der Waals surface area contributed by atoms with Gasteiger partial charge >= 0.3 is 0 Å². The standard InChI is InChI=1S/C18H33ClN2OP.C4H8N2O/c1-15-12-20(16(2)14-23(19)17(3)22-4)10-11-21(15)13-18-8-6-5-7-9-18;5-4(1-2-4)6-3-7/h14-15,18H,5-13H2,1-4H3;3H,1-2,5H2,(H,6,7)/q+1;/b16-14+;/t15-;/m1./s1. The lowest BCUT2D eigenvalue weighted by atomic mass is 9.88. The molecule has 0 bridgehead atoms. The van der Waals surface area contributed by atoms with Crippen molar-refractivity contribution in [2.45, 2.75) is 77.4 Å². The smallest absolute Gasteiger partial charge is 0.269 e. The quantitative estimate of drug-likeness (QED) is 0.341. The molecule has 1 unspecified atom stereocenters. The average Bonchev–Trinajstić information content (AvgIpc) is 3.47. The van der Waals surface area contributed by atoms with Crippen LogP contribution in [0.15, 0.2) is 11.5 Å². The number of nitrogens with one attached hydrogen (secondary N) is 1. The fourth-order valence-corrected chi connectivity index (χ4v) is 5.59. The van der Waals surface area contributed by atoms with Crippen LogP contribution in [0.5, 0.6) is 0 Å². The third-order valence-electron chi connectivity index (χ3n) is 6.51. The van der Waals surface area contributed by atoms with Crippen LogP contribution in [0.1, 0.15) is 65.7 Å². The van der Waals surface area contributed by atoms with Gasteiger partial charge in [-0.1, -0.05) is 19.3 Å². The molecule has 2 atom stereocenters. The Hall–Kier alpha value is -0.650. The number of nitrogens with two attached hydrogens (primary N) is 1. The molecule has 8 heteroatoms. The Morgan fingerprint density at radius 3 is 2.43 bits per heavy atom.